The molecule has 6 rings (SSSR count). The summed E-state index contributed by atoms with van der Waals surface area (Å²) in [5.74, 6) is -0.0998. The van der Waals surface area contributed by atoms with Crippen LogP contribution in [0.2, 0.25) is 0 Å². The van der Waals surface area contributed by atoms with Crippen LogP contribution in [0.25, 0.3) is 0 Å². The van der Waals surface area contributed by atoms with Crippen molar-refractivity contribution in [2.45, 2.75) is 6.42 Å². The van der Waals surface area contributed by atoms with E-state index in [4.69, 9.17) is 0 Å². The molecule has 1 saturated heterocycles. The van der Waals surface area contributed by atoms with E-state index in [1.54, 1.807) is 18.2 Å². The smallest absolute Gasteiger partial charge is 0.270 e. The molecule has 1 N–H and O–H groups in total. The number of hydrogen-bond donors (Lipinski definition) is 1. The molecule has 1 aliphatic heterocycles. The molecule has 6 atom stereocenters. The Kier molecular flexibility index (Phi) is 2.87. The molecule has 1 aromatic rings. The van der Waals surface area contributed by atoms with E-state index in [0.29, 0.717) is 17.4 Å². The highest BCUT2D eigenvalue weighted by Crippen LogP contribution is 2.65. The molecule has 122 valence electrons. The molecule has 24 heavy (non-hydrogen) atoms. The monoisotopic (exact) mass is 386 g/mol. The zero-order chi connectivity index (χ0) is 16.6. The van der Waals surface area contributed by atoms with Crippen LogP contribution in [0.15, 0.2) is 40.9 Å². The number of hydrogen-bond acceptors (Lipinski definition) is 3. The molecule has 6 heteroatoms. The molecule has 0 spiro atoms. The first-order chi connectivity index (χ1) is 11.6. The number of carbonyl (C=O) groups excluding carboxylic acids is 3. The molecule has 0 aromatic heterocycles. The van der Waals surface area contributed by atoms with Crippen LogP contribution in [0.4, 0.5) is 0 Å². The van der Waals surface area contributed by atoms with Gasteiger partial charge in [-0.15, -0.1) is 0 Å². The molecule has 4 aliphatic carbocycles. The maximum absolute atomic E-state index is 12.8. The fourth-order valence-corrected chi connectivity index (χ4v) is 5.26. The average molecular weight is 387 g/mol. The van der Waals surface area contributed by atoms with Crippen LogP contribution < -0.4 is 5.43 Å². The van der Waals surface area contributed by atoms with Gasteiger partial charge in [0.15, 0.2) is 0 Å². The standard InChI is InChI=1S/C18H15BrN2O3/c19-9-3-1-2-8(6-9)16(22)20-21-17(23)14-10-4-5-11(13-7-12(10)13)15(14)18(21)24/h1-6,10-15H,7H2,(H,20,22)/t10-,11-,12-,13+,14-,15+/m0/s1. The third-order valence-corrected chi connectivity index (χ3v) is 6.46. The minimum atomic E-state index is -0.442. The third kappa shape index (κ3) is 1.83. The lowest BCUT2D eigenvalue weighted by atomic mass is 9.63. The van der Waals surface area contributed by atoms with Gasteiger partial charge in [-0.05, 0) is 48.3 Å². The minimum absolute atomic E-state index is 0.161. The van der Waals surface area contributed by atoms with Crippen molar-refractivity contribution in [3.8, 4) is 0 Å². The Morgan fingerprint density at radius 2 is 1.71 bits per heavy atom. The van der Waals surface area contributed by atoms with Crippen LogP contribution in [-0.2, 0) is 9.59 Å². The van der Waals surface area contributed by atoms with Gasteiger partial charge in [0.05, 0.1) is 11.8 Å². The predicted octanol–water partition coefficient (Wildman–Crippen LogP) is 2.15. The number of nitrogens with zero attached hydrogens (tertiary/aromatic N) is 1. The molecular weight excluding hydrogens is 372 g/mol. The van der Waals surface area contributed by atoms with E-state index in [-0.39, 0.29) is 35.5 Å². The van der Waals surface area contributed by atoms with Crippen LogP contribution in [0.1, 0.15) is 16.8 Å². The highest BCUT2D eigenvalue weighted by atomic mass is 79.9. The van der Waals surface area contributed by atoms with Crippen LogP contribution in [0, 0.1) is 35.5 Å². The van der Waals surface area contributed by atoms with Crippen molar-refractivity contribution in [2.75, 3.05) is 0 Å². The topological polar surface area (TPSA) is 66.5 Å². The maximum atomic E-state index is 12.8. The van der Waals surface area contributed by atoms with Gasteiger partial charge in [-0.1, -0.05) is 34.1 Å². The quantitative estimate of drug-likeness (QED) is 0.625. The Morgan fingerprint density at radius 1 is 1.08 bits per heavy atom. The molecule has 1 aromatic carbocycles. The molecule has 0 unspecified atom stereocenters. The zero-order valence-electron chi connectivity index (χ0n) is 12.7. The van der Waals surface area contributed by atoms with Crippen LogP contribution in [0.3, 0.4) is 0 Å². The van der Waals surface area contributed by atoms with Gasteiger partial charge in [0.2, 0.25) is 0 Å². The molecule has 1 heterocycles. The Bertz CT molecular complexity index is 784. The van der Waals surface area contributed by atoms with Gasteiger partial charge in [-0.3, -0.25) is 19.8 Å². The van der Waals surface area contributed by atoms with Crippen LogP contribution in [-0.4, -0.2) is 22.7 Å². The van der Waals surface area contributed by atoms with Crippen LogP contribution in [0.5, 0.6) is 0 Å². The fourth-order valence-electron chi connectivity index (χ4n) is 4.86. The lowest BCUT2D eigenvalue weighted by molar-refractivity contribution is -0.143. The summed E-state index contributed by atoms with van der Waals surface area (Å²) in [5, 5.41) is 0.969. The summed E-state index contributed by atoms with van der Waals surface area (Å²) in [6.07, 6.45) is 5.36. The molecule has 2 saturated carbocycles. The number of imide groups is 1. The molecule has 3 amide bonds. The van der Waals surface area contributed by atoms with E-state index in [0.717, 1.165) is 15.9 Å². The van der Waals surface area contributed by atoms with Gasteiger partial charge in [0.25, 0.3) is 17.7 Å². The molecular formula is C18H15BrN2O3. The van der Waals surface area contributed by atoms with Crippen LogP contribution >= 0.6 is 15.9 Å². The molecule has 3 fully saturated rings. The van der Waals surface area contributed by atoms with Gasteiger partial charge >= 0.3 is 0 Å². The zero-order valence-corrected chi connectivity index (χ0v) is 14.3. The van der Waals surface area contributed by atoms with Crippen molar-refractivity contribution < 1.29 is 14.4 Å². The normalized spacial score (nSPS) is 38.1. The van der Waals surface area contributed by atoms with Gasteiger partial charge in [0, 0.05) is 10.0 Å². The first kappa shape index (κ1) is 14.4. The average Bonchev–Trinajstić information content (AvgIpc) is 3.36. The molecule has 5 nitrogen and oxygen atoms in total. The van der Waals surface area contributed by atoms with Gasteiger partial charge in [0.1, 0.15) is 0 Å². The number of benzene rings is 1. The highest BCUT2D eigenvalue weighted by Gasteiger charge is 2.67. The summed E-state index contributed by atoms with van der Waals surface area (Å²) >= 11 is 3.32. The summed E-state index contributed by atoms with van der Waals surface area (Å²) < 4.78 is 0.769. The largest absolute Gasteiger partial charge is 0.272 e. The minimum Gasteiger partial charge on any atom is -0.272 e. The van der Waals surface area contributed by atoms with E-state index < -0.39 is 5.91 Å². The van der Waals surface area contributed by atoms with Crippen molar-refractivity contribution in [2.24, 2.45) is 35.5 Å². The maximum Gasteiger partial charge on any atom is 0.270 e. The summed E-state index contributed by atoms with van der Waals surface area (Å²) in [6.45, 7) is 0. The van der Waals surface area contributed by atoms with E-state index >= 15 is 0 Å². The second-order valence-corrected chi connectivity index (χ2v) is 8.03. The number of amides is 3. The lowest BCUT2D eigenvalue weighted by Crippen LogP contribution is -2.46. The number of nitrogens with one attached hydrogen (secondary N) is 1. The first-order valence-electron chi connectivity index (χ1n) is 8.19. The van der Waals surface area contributed by atoms with Crippen molar-refractivity contribution >= 4 is 33.7 Å². The second kappa shape index (κ2) is 4.79. The Balaban J connectivity index is 1.41. The van der Waals surface area contributed by atoms with E-state index in [2.05, 4.69) is 33.5 Å². The van der Waals surface area contributed by atoms with E-state index in [1.165, 1.54) is 0 Å². The lowest BCUT2D eigenvalue weighted by Gasteiger charge is -2.37. The SMILES string of the molecule is O=C(NN1C(=O)[C@@H]2[C@H]3C=C[C@@H]([C@@H]4C[C@H]34)[C@@H]2C1=O)c1cccc(Br)c1. The van der Waals surface area contributed by atoms with Crippen molar-refractivity contribution in [3.63, 3.8) is 0 Å². The van der Waals surface area contributed by atoms with Crippen molar-refractivity contribution in [3.05, 3.63) is 46.5 Å². The number of carbonyl (C=O) groups is 3. The van der Waals surface area contributed by atoms with Gasteiger partial charge < -0.3 is 0 Å². The summed E-state index contributed by atoms with van der Waals surface area (Å²) in [4.78, 5) is 38.0. The van der Waals surface area contributed by atoms with Gasteiger partial charge in [-0.25, -0.2) is 0 Å². The number of allylic oxidation sites excluding steroid dienone is 2. The Labute approximate surface area is 147 Å². The predicted molar refractivity (Wildman–Crippen MR) is 88.2 cm³/mol. The van der Waals surface area contributed by atoms with Gasteiger partial charge in [-0.2, -0.15) is 5.01 Å². The number of hydrazine groups is 1. The Hall–Kier alpha value is -1.95. The second-order valence-electron chi connectivity index (χ2n) is 7.12. The van der Waals surface area contributed by atoms with E-state index in [9.17, 15) is 14.4 Å². The van der Waals surface area contributed by atoms with E-state index in [1.807, 2.05) is 6.07 Å². The first-order valence-corrected chi connectivity index (χ1v) is 8.98. The third-order valence-electron chi connectivity index (χ3n) is 5.96. The van der Waals surface area contributed by atoms with Crippen molar-refractivity contribution in [1.29, 1.82) is 0 Å². The number of halogens is 1. The summed E-state index contributed by atoms with van der Waals surface area (Å²) in [7, 11) is 0. The molecule has 2 bridgehead atoms. The fraction of sp³-hybridized carbons (Fsp3) is 0.389. The molecule has 5 aliphatic rings. The van der Waals surface area contributed by atoms with Crippen molar-refractivity contribution in [1.82, 2.24) is 10.4 Å². The summed E-state index contributed by atoms with van der Waals surface area (Å²) in [5.41, 5.74) is 2.93. The summed E-state index contributed by atoms with van der Waals surface area (Å²) in [6, 6.07) is 6.86. The highest BCUT2D eigenvalue weighted by molar-refractivity contribution is 9.10. The Morgan fingerprint density at radius 3 is 2.29 bits per heavy atom. The molecule has 0 radical (unpaired) electrons. The number of rotatable bonds is 2.